The molecule has 5 nitrogen and oxygen atoms in total. The number of ketones is 2. The molecule has 2 aromatic carbocycles. The maximum Gasteiger partial charge on any atom is 0.169 e. The van der Waals surface area contributed by atoms with Gasteiger partial charge >= 0.3 is 0 Å². The number of rotatable bonds is 7. The average molecular weight is 326 g/mol. The van der Waals surface area contributed by atoms with Crippen LogP contribution in [0.4, 0.5) is 0 Å². The van der Waals surface area contributed by atoms with Crippen LogP contribution in [0.5, 0.6) is 5.75 Å². The molecule has 5 N–H and O–H groups in total. The highest BCUT2D eigenvalue weighted by Crippen LogP contribution is 2.27. The number of benzene rings is 2. The second kappa shape index (κ2) is 7.38. The van der Waals surface area contributed by atoms with Gasteiger partial charge in [0.25, 0.3) is 0 Å². The summed E-state index contributed by atoms with van der Waals surface area (Å²) in [6, 6.07) is 14.4. The van der Waals surface area contributed by atoms with Gasteiger partial charge in [-0.15, -0.1) is 0 Å². The molecule has 0 radical (unpaired) electrons. The maximum atomic E-state index is 13.0. The average Bonchev–Trinajstić information content (AvgIpc) is 2.58. The van der Waals surface area contributed by atoms with Crippen LogP contribution < -0.4 is 11.5 Å². The lowest BCUT2D eigenvalue weighted by Crippen LogP contribution is -2.55. The Labute approximate surface area is 141 Å². The first kappa shape index (κ1) is 17.8. The van der Waals surface area contributed by atoms with E-state index in [-0.39, 0.29) is 24.5 Å². The molecule has 2 atom stereocenters. The number of hydrogen-bond acceptors (Lipinski definition) is 5. The summed E-state index contributed by atoms with van der Waals surface area (Å²) in [5.41, 5.74) is 11.9. The van der Waals surface area contributed by atoms with Crippen molar-refractivity contribution in [2.45, 2.75) is 24.8 Å². The van der Waals surface area contributed by atoms with Gasteiger partial charge in [-0.05, 0) is 36.6 Å². The number of aromatic hydroxyl groups is 1. The largest absolute Gasteiger partial charge is 0.508 e. The number of hydrogen-bond donors (Lipinski definition) is 3. The molecule has 5 heteroatoms. The second-order valence-corrected chi connectivity index (χ2v) is 5.87. The summed E-state index contributed by atoms with van der Waals surface area (Å²) in [6.45, 7) is 1.24. The lowest BCUT2D eigenvalue weighted by molar-refractivity contribution is -0.134. The Morgan fingerprint density at radius 1 is 1.08 bits per heavy atom. The third-order valence-corrected chi connectivity index (χ3v) is 4.32. The smallest absolute Gasteiger partial charge is 0.169 e. The zero-order valence-corrected chi connectivity index (χ0v) is 13.6. The molecular formula is C19H22N2O3. The van der Waals surface area contributed by atoms with Gasteiger partial charge in [-0.1, -0.05) is 42.5 Å². The normalized spacial score (nSPS) is 14.6. The highest BCUT2D eigenvalue weighted by atomic mass is 16.3. The predicted molar refractivity (Wildman–Crippen MR) is 92.6 cm³/mol. The summed E-state index contributed by atoms with van der Waals surface area (Å²) < 4.78 is 0. The topological polar surface area (TPSA) is 106 Å². The van der Waals surface area contributed by atoms with Crippen LogP contribution in [0.1, 0.15) is 18.1 Å². The van der Waals surface area contributed by atoms with E-state index in [1.165, 1.54) is 19.1 Å². The van der Waals surface area contributed by atoms with Gasteiger partial charge < -0.3 is 16.6 Å². The Balaban J connectivity index is 2.34. The van der Waals surface area contributed by atoms with Crippen LogP contribution in [0.15, 0.2) is 54.6 Å². The van der Waals surface area contributed by atoms with Gasteiger partial charge in [0.1, 0.15) is 16.9 Å². The molecular weight excluding hydrogens is 304 g/mol. The van der Waals surface area contributed by atoms with Gasteiger partial charge in [-0.2, -0.15) is 0 Å². The fourth-order valence-corrected chi connectivity index (χ4v) is 2.90. The van der Waals surface area contributed by atoms with Crippen molar-refractivity contribution in [1.82, 2.24) is 0 Å². The van der Waals surface area contributed by atoms with Crippen molar-refractivity contribution < 1.29 is 14.7 Å². The van der Waals surface area contributed by atoms with Crippen molar-refractivity contribution in [2.24, 2.45) is 11.5 Å². The van der Waals surface area contributed by atoms with Crippen molar-refractivity contribution in [1.29, 1.82) is 0 Å². The summed E-state index contributed by atoms with van der Waals surface area (Å²) in [5.74, 6) is -0.567. The summed E-state index contributed by atoms with van der Waals surface area (Å²) in [4.78, 5) is 25.4. The highest BCUT2D eigenvalue weighted by molar-refractivity contribution is 6.14. The van der Waals surface area contributed by atoms with Gasteiger partial charge in [0.2, 0.25) is 0 Å². The van der Waals surface area contributed by atoms with E-state index in [2.05, 4.69) is 0 Å². The van der Waals surface area contributed by atoms with Gasteiger partial charge in [0, 0.05) is 6.54 Å². The van der Waals surface area contributed by atoms with Crippen LogP contribution in [0, 0.1) is 0 Å². The highest BCUT2D eigenvalue weighted by Gasteiger charge is 2.45. The fraction of sp³-hybridized carbons (Fsp3) is 0.263. The van der Waals surface area contributed by atoms with E-state index in [0.717, 1.165) is 5.56 Å². The van der Waals surface area contributed by atoms with E-state index in [0.29, 0.717) is 5.56 Å². The van der Waals surface area contributed by atoms with Crippen molar-refractivity contribution >= 4 is 11.6 Å². The quantitative estimate of drug-likeness (QED) is 0.665. The van der Waals surface area contributed by atoms with E-state index in [1.807, 2.05) is 6.07 Å². The molecule has 1 unspecified atom stereocenters. The number of nitrogens with two attached hydrogens (primary N) is 2. The zero-order chi connectivity index (χ0) is 17.7. The fourth-order valence-electron chi connectivity index (χ4n) is 2.90. The first-order chi connectivity index (χ1) is 11.4. The Kier molecular flexibility index (Phi) is 5.49. The van der Waals surface area contributed by atoms with E-state index in [9.17, 15) is 14.7 Å². The molecule has 0 aliphatic carbocycles. The molecule has 0 saturated heterocycles. The molecule has 0 bridgehead atoms. The molecule has 0 spiro atoms. The van der Waals surface area contributed by atoms with E-state index >= 15 is 0 Å². The van der Waals surface area contributed by atoms with Gasteiger partial charge in [-0.25, -0.2) is 0 Å². The van der Waals surface area contributed by atoms with Crippen LogP contribution in [-0.4, -0.2) is 29.3 Å². The Morgan fingerprint density at radius 2 is 1.67 bits per heavy atom. The Morgan fingerprint density at radius 3 is 2.17 bits per heavy atom. The minimum atomic E-state index is -1.43. The second-order valence-electron chi connectivity index (χ2n) is 5.87. The van der Waals surface area contributed by atoms with Gasteiger partial charge in [-0.3, -0.25) is 9.59 Å². The first-order valence-corrected chi connectivity index (χ1v) is 7.76. The number of carbonyl (C=O) groups is 2. The molecule has 2 rings (SSSR count). The van der Waals surface area contributed by atoms with Crippen LogP contribution >= 0.6 is 0 Å². The van der Waals surface area contributed by atoms with Crippen molar-refractivity contribution in [2.75, 3.05) is 6.54 Å². The SMILES string of the molecule is CC(=O)C(CN)(C(=O)[C@@H](N)Cc1ccc(O)cc1)c1ccccc1. The Bertz CT molecular complexity index is 713. The number of phenols is 1. The number of phenolic OH excluding ortho intramolecular Hbond substituents is 1. The summed E-state index contributed by atoms with van der Waals surface area (Å²) in [6.07, 6.45) is 0.265. The zero-order valence-electron chi connectivity index (χ0n) is 13.6. The number of carbonyl (C=O) groups excluding carboxylic acids is 2. The standard InChI is InChI=1S/C19H22N2O3/c1-13(22)19(12-20,15-5-3-2-4-6-15)18(24)17(21)11-14-7-9-16(23)10-8-14/h2-10,17,23H,11-12,20-21H2,1H3/t17-,19?/m0/s1. The minimum absolute atomic E-state index is 0.130. The molecule has 0 saturated carbocycles. The van der Waals surface area contributed by atoms with Crippen LogP contribution in [0.2, 0.25) is 0 Å². The van der Waals surface area contributed by atoms with Crippen molar-refractivity contribution in [3.05, 3.63) is 65.7 Å². The summed E-state index contributed by atoms with van der Waals surface area (Å²) >= 11 is 0. The maximum absolute atomic E-state index is 13.0. The molecule has 0 aromatic heterocycles. The van der Waals surface area contributed by atoms with Crippen LogP contribution in [0.25, 0.3) is 0 Å². The molecule has 0 aliphatic heterocycles. The van der Waals surface area contributed by atoms with E-state index in [1.54, 1.807) is 36.4 Å². The Hall–Kier alpha value is -2.50. The molecule has 0 fully saturated rings. The third-order valence-electron chi connectivity index (χ3n) is 4.32. The van der Waals surface area contributed by atoms with E-state index in [4.69, 9.17) is 11.5 Å². The first-order valence-electron chi connectivity index (χ1n) is 7.76. The van der Waals surface area contributed by atoms with Crippen LogP contribution in [-0.2, 0) is 21.4 Å². The lowest BCUT2D eigenvalue weighted by atomic mass is 9.71. The number of Topliss-reactive ketones (excluding diaryl/α,β-unsaturated/α-hetero) is 2. The molecule has 2 aromatic rings. The van der Waals surface area contributed by atoms with E-state index < -0.39 is 17.2 Å². The van der Waals surface area contributed by atoms with Crippen molar-refractivity contribution in [3.8, 4) is 5.75 Å². The monoisotopic (exact) mass is 326 g/mol. The molecule has 24 heavy (non-hydrogen) atoms. The predicted octanol–water partition coefficient (Wildman–Crippen LogP) is 1.32. The van der Waals surface area contributed by atoms with Gasteiger partial charge in [0.15, 0.2) is 5.78 Å². The van der Waals surface area contributed by atoms with Crippen molar-refractivity contribution in [3.63, 3.8) is 0 Å². The summed E-state index contributed by atoms with van der Waals surface area (Å²) in [5, 5.41) is 9.33. The van der Waals surface area contributed by atoms with Gasteiger partial charge in [0.05, 0.1) is 6.04 Å². The lowest BCUT2D eigenvalue weighted by Gasteiger charge is -2.31. The summed E-state index contributed by atoms with van der Waals surface area (Å²) in [7, 11) is 0. The van der Waals surface area contributed by atoms with Crippen LogP contribution in [0.3, 0.4) is 0 Å². The minimum Gasteiger partial charge on any atom is -0.508 e. The third kappa shape index (κ3) is 3.37. The molecule has 126 valence electrons. The molecule has 0 amide bonds. The molecule has 0 heterocycles. The molecule has 0 aliphatic rings.